The maximum Gasteiger partial charge on any atom is 0.316 e. The summed E-state index contributed by atoms with van der Waals surface area (Å²) in [4.78, 5) is 28.8. The van der Waals surface area contributed by atoms with Gasteiger partial charge in [-0.2, -0.15) is 0 Å². The molecule has 0 spiro atoms. The average Bonchev–Trinajstić information content (AvgIpc) is 3.03. The fraction of sp³-hybridized carbons (Fsp3) is 0.459. The fourth-order valence-electron chi connectivity index (χ4n) is 6.43. The van der Waals surface area contributed by atoms with Gasteiger partial charge >= 0.3 is 6.03 Å². The summed E-state index contributed by atoms with van der Waals surface area (Å²) in [5.41, 5.74) is 3.08. The van der Waals surface area contributed by atoms with E-state index in [1.807, 2.05) is 42.5 Å². The van der Waals surface area contributed by atoms with Gasteiger partial charge in [0.15, 0.2) is 0 Å². The van der Waals surface area contributed by atoms with Crippen LogP contribution < -0.4 is 16.0 Å². The van der Waals surface area contributed by atoms with Gasteiger partial charge in [0.2, 0.25) is 0 Å². The third-order valence-electron chi connectivity index (χ3n) is 8.80. The lowest BCUT2D eigenvalue weighted by molar-refractivity contribution is 0.00963. The Hall–Kier alpha value is -3.64. The number of unbranched alkanes of at least 4 members (excludes halogenated alkanes) is 4. The molecule has 230 valence electrons. The first-order valence-electron chi connectivity index (χ1n) is 16.2. The van der Waals surface area contributed by atoms with Gasteiger partial charge in [0.1, 0.15) is 0 Å². The van der Waals surface area contributed by atoms with Crippen LogP contribution in [0.1, 0.15) is 86.8 Å². The molecule has 1 aliphatic rings. The summed E-state index contributed by atoms with van der Waals surface area (Å²) >= 11 is 0. The lowest BCUT2D eigenvalue weighted by atomic mass is 9.76. The third kappa shape index (κ3) is 9.42. The van der Waals surface area contributed by atoms with Crippen LogP contribution >= 0.6 is 0 Å². The maximum atomic E-state index is 13.3. The number of piperidine rings is 1. The smallest absolute Gasteiger partial charge is 0.316 e. The molecule has 0 aromatic heterocycles. The minimum absolute atomic E-state index is 0.0112. The molecular formula is C37H50N4O2. The van der Waals surface area contributed by atoms with Crippen LogP contribution in [0.25, 0.3) is 0 Å². The first-order chi connectivity index (χ1) is 21.0. The van der Waals surface area contributed by atoms with Crippen LogP contribution in [0.15, 0.2) is 91.0 Å². The van der Waals surface area contributed by atoms with E-state index in [-0.39, 0.29) is 30.1 Å². The molecule has 1 heterocycles. The molecule has 6 heteroatoms. The molecule has 0 saturated carbocycles. The number of hydrogen-bond acceptors (Lipinski definition) is 3. The third-order valence-corrected chi connectivity index (χ3v) is 8.80. The molecule has 1 saturated heterocycles. The van der Waals surface area contributed by atoms with E-state index in [0.717, 1.165) is 25.8 Å². The molecule has 1 aliphatic heterocycles. The highest BCUT2D eigenvalue weighted by Crippen LogP contribution is 2.39. The summed E-state index contributed by atoms with van der Waals surface area (Å²) in [6.07, 6.45) is 6.33. The van der Waals surface area contributed by atoms with Crippen molar-refractivity contribution in [2.24, 2.45) is 17.8 Å². The number of likely N-dealkylation sites (tertiary alicyclic amines) is 1. The molecule has 0 bridgehead atoms. The van der Waals surface area contributed by atoms with Crippen LogP contribution in [0.5, 0.6) is 0 Å². The highest BCUT2D eigenvalue weighted by molar-refractivity contribution is 5.94. The predicted octanol–water partition coefficient (Wildman–Crippen LogP) is 7.40. The largest absolute Gasteiger partial charge is 0.352 e. The number of benzene rings is 3. The van der Waals surface area contributed by atoms with Crippen LogP contribution in [-0.4, -0.2) is 42.6 Å². The average molecular weight is 583 g/mol. The van der Waals surface area contributed by atoms with Crippen molar-refractivity contribution in [1.82, 2.24) is 20.9 Å². The number of amides is 3. The number of nitrogens with one attached hydrogen (secondary N) is 3. The summed E-state index contributed by atoms with van der Waals surface area (Å²) < 4.78 is 0. The second kappa shape index (κ2) is 16.9. The van der Waals surface area contributed by atoms with E-state index in [9.17, 15) is 9.59 Å². The number of nitrogens with zero attached hydrogens (tertiary/aromatic N) is 1. The van der Waals surface area contributed by atoms with E-state index in [2.05, 4.69) is 90.2 Å². The van der Waals surface area contributed by atoms with E-state index in [0.29, 0.717) is 30.5 Å². The van der Waals surface area contributed by atoms with Crippen molar-refractivity contribution >= 4 is 11.9 Å². The Morgan fingerprint density at radius 2 is 1.37 bits per heavy atom. The van der Waals surface area contributed by atoms with Crippen LogP contribution in [0.2, 0.25) is 0 Å². The zero-order valence-corrected chi connectivity index (χ0v) is 26.2. The van der Waals surface area contributed by atoms with Gasteiger partial charge in [0.25, 0.3) is 5.91 Å². The quantitative estimate of drug-likeness (QED) is 0.174. The van der Waals surface area contributed by atoms with Gasteiger partial charge in [0, 0.05) is 25.2 Å². The van der Waals surface area contributed by atoms with Gasteiger partial charge < -0.3 is 16.0 Å². The maximum absolute atomic E-state index is 13.3. The van der Waals surface area contributed by atoms with Gasteiger partial charge in [-0.1, -0.05) is 125 Å². The van der Waals surface area contributed by atoms with Gasteiger partial charge in [0.05, 0.1) is 12.2 Å². The van der Waals surface area contributed by atoms with Crippen LogP contribution in [0.4, 0.5) is 4.79 Å². The highest BCUT2D eigenvalue weighted by Gasteiger charge is 2.41. The summed E-state index contributed by atoms with van der Waals surface area (Å²) in [7, 11) is 0. The fourth-order valence-corrected chi connectivity index (χ4v) is 6.43. The van der Waals surface area contributed by atoms with Crippen LogP contribution in [-0.2, 0) is 0 Å². The molecule has 3 N–H and O–H groups in total. The Morgan fingerprint density at radius 1 is 0.791 bits per heavy atom. The van der Waals surface area contributed by atoms with Crippen molar-refractivity contribution in [3.8, 4) is 0 Å². The molecule has 6 nitrogen and oxygen atoms in total. The van der Waals surface area contributed by atoms with Gasteiger partial charge in [-0.3, -0.25) is 9.69 Å². The number of carbonyl (C=O) groups is 2. The Balaban J connectivity index is 1.57. The Bertz CT molecular complexity index is 1200. The second-order valence-corrected chi connectivity index (χ2v) is 12.2. The molecule has 3 aromatic carbocycles. The summed E-state index contributed by atoms with van der Waals surface area (Å²) in [5.74, 6) is 0.912. The number of hydrogen-bond donors (Lipinski definition) is 3. The predicted molar refractivity (Wildman–Crippen MR) is 176 cm³/mol. The molecule has 0 radical (unpaired) electrons. The highest BCUT2D eigenvalue weighted by atomic mass is 16.2. The molecule has 4 rings (SSSR count). The summed E-state index contributed by atoms with van der Waals surface area (Å²) in [6, 6.07) is 30.4. The lowest BCUT2D eigenvalue weighted by Crippen LogP contribution is -2.60. The zero-order chi connectivity index (χ0) is 30.4. The van der Waals surface area contributed by atoms with Gasteiger partial charge in [-0.25, -0.2) is 4.79 Å². The molecule has 3 atom stereocenters. The minimum atomic E-state index is -0.195. The number of carbonyl (C=O) groups excluding carboxylic acids is 2. The molecule has 43 heavy (non-hydrogen) atoms. The topological polar surface area (TPSA) is 73.5 Å². The molecule has 3 amide bonds. The standard InChI is InChI=1S/C37H50N4O2/c1-4-5-6-7-17-24-38-37(43)40-34-25-32(26-39-36(42)31-22-15-10-16-23-31)33(28(2)3)27-41(34)35(29-18-11-8-12-19-29)30-20-13-9-14-21-30/h8-16,18-23,28,32-35H,4-7,17,24-27H2,1-3H3,(H,39,42)(H2,38,40,43). The van der Waals surface area contributed by atoms with E-state index < -0.39 is 0 Å². The monoisotopic (exact) mass is 582 g/mol. The number of rotatable bonds is 14. The van der Waals surface area contributed by atoms with Crippen molar-refractivity contribution in [2.45, 2.75) is 71.5 Å². The molecule has 1 fully saturated rings. The number of urea groups is 1. The van der Waals surface area contributed by atoms with Gasteiger partial charge in [-0.15, -0.1) is 0 Å². The Morgan fingerprint density at radius 3 is 1.95 bits per heavy atom. The van der Waals surface area contributed by atoms with E-state index in [4.69, 9.17) is 0 Å². The van der Waals surface area contributed by atoms with Gasteiger partial charge in [-0.05, 0) is 53.9 Å². The Kier molecular flexibility index (Phi) is 12.7. The van der Waals surface area contributed by atoms with E-state index in [1.165, 1.54) is 30.4 Å². The second-order valence-electron chi connectivity index (χ2n) is 12.2. The van der Waals surface area contributed by atoms with Crippen LogP contribution in [0.3, 0.4) is 0 Å². The van der Waals surface area contributed by atoms with Crippen molar-refractivity contribution in [3.05, 3.63) is 108 Å². The molecular weight excluding hydrogens is 532 g/mol. The SMILES string of the molecule is CCCCCCCNC(=O)NC1CC(CNC(=O)c2ccccc2)C(C(C)C)CN1C(c1ccccc1)c1ccccc1. The van der Waals surface area contributed by atoms with Crippen molar-refractivity contribution in [1.29, 1.82) is 0 Å². The zero-order valence-electron chi connectivity index (χ0n) is 26.2. The minimum Gasteiger partial charge on any atom is -0.352 e. The first-order valence-corrected chi connectivity index (χ1v) is 16.2. The van der Waals surface area contributed by atoms with Crippen molar-refractivity contribution < 1.29 is 9.59 Å². The summed E-state index contributed by atoms with van der Waals surface area (Å²) in [5, 5.41) is 9.69. The summed E-state index contributed by atoms with van der Waals surface area (Å²) in [6.45, 7) is 8.81. The van der Waals surface area contributed by atoms with Crippen LogP contribution in [0, 0.1) is 17.8 Å². The van der Waals surface area contributed by atoms with E-state index in [1.54, 1.807) is 0 Å². The molecule has 3 aromatic rings. The van der Waals surface area contributed by atoms with Crippen molar-refractivity contribution in [2.75, 3.05) is 19.6 Å². The lowest BCUT2D eigenvalue weighted by Gasteiger charge is -2.49. The van der Waals surface area contributed by atoms with E-state index >= 15 is 0 Å². The van der Waals surface area contributed by atoms with Crippen molar-refractivity contribution in [3.63, 3.8) is 0 Å². The molecule has 3 unspecified atom stereocenters. The first kappa shape index (κ1) is 32.3. The molecule has 0 aliphatic carbocycles. The normalized spacial score (nSPS) is 18.9. The Labute approximate surface area is 258 Å².